The molecule has 0 amide bonds. The van der Waals surface area contributed by atoms with Gasteiger partial charge in [-0.15, -0.1) is 0 Å². The molecule has 76 valence electrons. The topological polar surface area (TPSA) is 83.0 Å². The number of aromatic nitrogens is 2. The molecule has 5 nitrogen and oxygen atoms in total. The van der Waals surface area contributed by atoms with Crippen LogP contribution < -0.4 is 0 Å². The van der Waals surface area contributed by atoms with Gasteiger partial charge in [-0.05, 0) is 18.2 Å². The Kier molecular flexibility index (Phi) is 2.17. The Morgan fingerprint density at radius 2 is 2.13 bits per heavy atom. The van der Waals surface area contributed by atoms with Crippen LogP contribution in [0.4, 0.5) is 0 Å². The second-order valence-electron chi connectivity index (χ2n) is 2.90. The van der Waals surface area contributed by atoms with E-state index in [4.69, 9.17) is 16.7 Å². The number of fused-ring (bicyclic) bond motifs is 1. The van der Waals surface area contributed by atoms with E-state index >= 15 is 0 Å². The highest BCUT2D eigenvalue weighted by Gasteiger charge is 2.15. The highest BCUT2D eigenvalue weighted by Crippen LogP contribution is 2.21. The minimum atomic E-state index is -1.49. The van der Waals surface area contributed by atoms with Crippen LogP contribution in [-0.4, -0.2) is 27.1 Å². The van der Waals surface area contributed by atoms with Gasteiger partial charge in [-0.25, -0.2) is 4.79 Å². The van der Waals surface area contributed by atoms with E-state index in [1.54, 1.807) is 0 Å². The molecule has 0 aliphatic rings. The Morgan fingerprint density at radius 3 is 2.80 bits per heavy atom. The lowest BCUT2D eigenvalue weighted by Gasteiger charge is -1.95. The number of carbonyl (C=O) groups excluding carboxylic acids is 1. The Hall–Kier alpha value is -1.88. The van der Waals surface area contributed by atoms with Gasteiger partial charge in [-0.1, -0.05) is 11.6 Å². The number of nitrogens with zero attached hydrogens (tertiary/aromatic N) is 1. The number of benzene rings is 1. The molecule has 0 bridgehead atoms. The van der Waals surface area contributed by atoms with Crippen LogP contribution >= 0.6 is 11.6 Å². The number of aromatic amines is 1. The standard InChI is InChI=1S/C9H5ClN2O3/c10-8-5-3-4(7(13)9(14)15)1-2-6(5)11-12-8/h1-3H,(H,11,12)(H,14,15). The quantitative estimate of drug-likeness (QED) is 0.598. The van der Waals surface area contributed by atoms with Crippen molar-refractivity contribution in [2.24, 2.45) is 0 Å². The van der Waals surface area contributed by atoms with E-state index in [1.165, 1.54) is 18.2 Å². The third-order valence-electron chi connectivity index (χ3n) is 1.96. The first-order chi connectivity index (χ1) is 7.09. The zero-order chi connectivity index (χ0) is 11.0. The smallest absolute Gasteiger partial charge is 0.377 e. The number of hydrogen-bond acceptors (Lipinski definition) is 3. The normalized spacial score (nSPS) is 10.5. The van der Waals surface area contributed by atoms with E-state index in [0.29, 0.717) is 10.9 Å². The van der Waals surface area contributed by atoms with Crippen LogP contribution in [0.1, 0.15) is 10.4 Å². The summed E-state index contributed by atoms with van der Waals surface area (Å²) in [5.74, 6) is -2.46. The molecule has 2 aromatic rings. The molecule has 2 N–H and O–H groups in total. The molecule has 2 rings (SSSR count). The average Bonchev–Trinajstić information content (AvgIpc) is 2.59. The van der Waals surface area contributed by atoms with Crippen LogP contribution in [0.15, 0.2) is 18.2 Å². The zero-order valence-corrected chi connectivity index (χ0v) is 8.08. The number of H-pyrrole nitrogens is 1. The van der Waals surface area contributed by atoms with Gasteiger partial charge >= 0.3 is 5.97 Å². The summed E-state index contributed by atoms with van der Waals surface area (Å²) < 4.78 is 0. The molecule has 0 saturated carbocycles. The summed E-state index contributed by atoms with van der Waals surface area (Å²) in [6.45, 7) is 0. The first kappa shape index (κ1) is 9.67. The number of ketones is 1. The van der Waals surface area contributed by atoms with Crippen molar-refractivity contribution < 1.29 is 14.7 Å². The molecule has 0 radical (unpaired) electrons. The van der Waals surface area contributed by atoms with Gasteiger partial charge in [0.25, 0.3) is 5.78 Å². The number of halogens is 1. The van der Waals surface area contributed by atoms with Gasteiger partial charge in [0, 0.05) is 10.9 Å². The maximum Gasteiger partial charge on any atom is 0.377 e. The second-order valence-corrected chi connectivity index (χ2v) is 3.28. The lowest BCUT2D eigenvalue weighted by atomic mass is 10.1. The van der Waals surface area contributed by atoms with Crippen molar-refractivity contribution in [2.45, 2.75) is 0 Å². The number of hydrogen-bond donors (Lipinski definition) is 2. The van der Waals surface area contributed by atoms with Crippen molar-refractivity contribution in [2.75, 3.05) is 0 Å². The maximum absolute atomic E-state index is 11.1. The average molecular weight is 225 g/mol. The van der Waals surface area contributed by atoms with E-state index in [9.17, 15) is 9.59 Å². The third-order valence-corrected chi connectivity index (χ3v) is 2.25. The summed E-state index contributed by atoms with van der Waals surface area (Å²) in [5.41, 5.74) is 0.667. The summed E-state index contributed by atoms with van der Waals surface area (Å²) >= 11 is 5.75. The maximum atomic E-state index is 11.1. The highest BCUT2D eigenvalue weighted by molar-refractivity contribution is 6.40. The van der Waals surface area contributed by atoms with E-state index < -0.39 is 11.8 Å². The molecule has 0 atom stereocenters. The fourth-order valence-electron chi connectivity index (χ4n) is 1.24. The SMILES string of the molecule is O=C(O)C(=O)c1ccc2n[nH]c(Cl)c2c1. The van der Waals surface area contributed by atoms with Crippen molar-refractivity contribution in [3.63, 3.8) is 0 Å². The molecule has 1 aromatic carbocycles. The highest BCUT2D eigenvalue weighted by atomic mass is 35.5. The van der Waals surface area contributed by atoms with Crippen LogP contribution in [-0.2, 0) is 4.79 Å². The molecule has 0 fully saturated rings. The zero-order valence-electron chi connectivity index (χ0n) is 7.32. The molecule has 15 heavy (non-hydrogen) atoms. The van der Waals surface area contributed by atoms with Crippen LogP contribution in [0, 0.1) is 0 Å². The molecule has 6 heteroatoms. The molecule has 0 aliphatic heterocycles. The Morgan fingerprint density at radius 1 is 1.40 bits per heavy atom. The molecular weight excluding hydrogens is 220 g/mol. The van der Waals surface area contributed by atoms with Gasteiger partial charge in [0.15, 0.2) is 0 Å². The third kappa shape index (κ3) is 1.57. The fourth-order valence-corrected chi connectivity index (χ4v) is 1.44. The predicted molar refractivity (Wildman–Crippen MR) is 53.1 cm³/mol. The van der Waals surface area contributed by atoms with Crippen LogP contribution in [0.3, 0.4) is 0 Å². The van der Waals surface area contributed by atoms with Gasteiger partial charge in [-0.2, -0.15) is 5.10 Å². The Labute approximate surface area is 88.7 Å². The lowest BCUT2D eigenvalue weighted by molar-refractivity contribution is -0.131. The molecule has 1 heterocycles. The largest absolute Gasteiger partial charge is 0.475 e. The summed E-state index contributed by atoms with van der Waals surface area (Å²) in [6, 6.07) is 4.33. The molecule has 0 unspecified atom stereocenters. The molecule has 1 aromatic heterocycles. The number of carboxylic acid groups (broad SMARTS) is 1. The fraction of sp³-hybridized carbons (Fsp3) is 0. The van der Waals surface area contributed by atoms with Crippen LogP contribution in [0.5, 0.6) is 0 Å². The van der Waals surface area contributed by atoms with Gasteiger partial charge < -0.3 is 5.11 Å². The number of rotatable bonds is 2. The van der Waals surface area contributed by atoms with Gasteiger partial charge in [-0.3, -0.25) is 9.89 Å². The minimum Gasteiger partial charge on any atom is -0.475 e. The van der Waals surface area contributed by atoms with Gasteiger partial charge in [0.05, 0.1) is 5.52 Å². The molecule has 0 saturated heterocycles. The van der Waals surface area contributed by atoms with E-state index in [1.807, 2.05) is 0 Å². The number of aliphatic carboxylic acids is 1. The monoisotopic (exact) mass is 224 g/mol. The number of carboxylic acids is 1. The lowest BCUT2D eigenvalue weighted by Crippen LogP contribution is -2.12. The summed E-state index contributed by atoms with van der Waals surface area (Å²) in [4.78, 5) is 21.6. The Balaban J connectivity index is 2.59. The number of Topliss-reactive ketones (excluding diaryl/α,β-unsaturated/α-hetero) is 1. The first-order valence-corrected chi connectivity index (χ1v) is 4.38. The van der Waals surface area contributed by atoms with E-state index in [0.717, 1.165) is 0 Å². The van der Waals surface area contributed by atoms with E-state index in [2.05, 4.69) is 10.2 Å². The van der Waals surface area contributed by atoms with Gasteiger partial charge in [0.1, 0.15) is 5.15 Å². The molecule has 0 aliphatic carbocycles. The summed E-state index contributed by atoms with van der Waals surface area (Å²) in [5, 5.41) is 15.7. The first-order valence-electron chi connectivity index (χ1n) is 4.01. The Bertz CT molecular complexity index is 561. The summed E-state index contributed by atoms with van der Waals surface area (Å²) in [7, 11) is 0. The second kappa shape index (κ2) is 3.36. The van der Waals surface area contributed by atoms with Crippen molar-refractivity contribution in [1.82, 2.24) is 10.2 Å². The van der Waals surface area contributed by atoms with Gasteiger partial charge in [0.2, 0.25) is 0 Å². The summed E-state index contributed by atoms with van der Waals surface area (Å²) in [6.07, 6.45) is 0. The van der Waals surface area contributed by atoms with Crippen molar-refractivity contribution in [3.8, 4) is 0 Å². The molecular formula is C9H5ClN2O3. The van der Waals surface area contributed by atoms with Crippen LogP contribution in [0.2, 0.25) is 5.15 Å². The number of carbonyl (C=O) groups is 2. The number of nitrogens with one attached hydrogen (secondary N) is 1. The van der Waals surface area contributed by atoms with Crippen molar-refractivity contribution in [3.05, 3.63) is 28.9 Å². The minimum absolute atomic E-state index is 0.0818. The van der Waals surface area contributed by atoms with Crippen molar-refractivity contribution in [1.29, 1.82) is 0 Å². The molecule has 0 spiro atoms. The van der Waals surface area contributed by atoms with Crippen LogP contribution in [0.25, 0.3) is 10.9 Å². The van der Waals surface area contributed by atoms with Crippen molar-refractivity contribution >= 4 is 34.3 Å². The van der Waals surface area contributed by atoms with E-state index in [-0.39, 0.29) is 10.7 Å². The predicted octanol–water partition coefficient (Wildman–Crippen LogP) is 1.48.